The topological polar surface area (TPSA) is 102 Å². The molecule has 44 heavy (non-hydrogen) atoms. The maximum absolute atomic E-state index is 12.3. The molecule has 0 amide bonds. The zero-order valence-corrected chi connectivity index (χ0v) is 27.6. The van der Waals surface area contributed by atoms with E-state index in [0.717, 1.165) is 62.7 Å². The summed E-state index contributed by atoms with van der Waals surface area (Å²) < 4.78 is 40.8. The van der Waals surface area contributed by atoms with Gasteiger partial charge in [-0.05, 0) is 110 Å². The predicted molar refractivity (Wildman–Crippen MR) is 171 cm³/mol. The van der Waals surface area contributed by atoms with Crippen LogP contribution in [0.2, 0.25) is 0 Å². The third kappa shape index (κ3) is 7.36. The van der Waals surface area contributed by atoms with Gasteiger partial charge in [-0.1, -0.05) is 69.2 Å². The number of hydrogen-bond donors (Lipinski definition) is 2. The molecular weight excluding hydrogens is 576 g/mol. The largest absolute Gasteiger partial charge is 0.468 e. The summed E-state index contributed by atoms with van der Waals surface area (Å²) in [4.78, 5) is 0.217. The van der Waals surface area contributed by atoms with Gasteiger partial charge in [0.15, 0.2) is 6.79 Å². The molecule has 5 rings (SSSR count). The average Bonchev–Trinajstić information content (AvgIpc) is 3.24. The van der Waals surface area contributed by atoms with E-state index < -0.39 is 22.3 Å². The number of aliphatic hydroxyl groups excluding tert-OH is 2. The van der Waals surface area contributed by atoms with Gasteiger partial charge >= 0.3 is 0 Å². The molecule has 0 aromatic heterocycles. The van der Waals surface area contributed by atoms with Crippen LogP contribution in [-0.2, 0) is 25.5 Å². The molecule has 0 aliphatic heterocycles. The molecule has 0 spiro atoms. The highest BCUT2D eigenvalue weighted by Gasteiger charge is 2.59. The number of aryl methyl sites for hydroxylation is 1. The Morgan fingerprint density at radius 1 is 0.955 bits per heavy atom. The Bertz CT molecular complexity index is 1330. The Balaban J connectivity index is 1.10. The number of methoxy groups -OCH3 is 1. The van der Waals surface area contributed by atoms with Crippen LogP contribution in [-0.4, -0.2) is 51.3 Å². The van der Waals surface area contributed by atoms with Crippen molar-refractivity contribution < 1.29 is 32.3 Å². The van der Waals surface area contributed by atoms with Crippen molar-refractivity contribution in [3.63, 3.8) is 0 Å². The number of aliphatic hydroxyl groups is 2. The minimum absolute atomic E-state index is 0.207. The number of ether oxygens (including phenoxy) is 2. The van der Waals surface area contributed by atoms with E-state index >= 15 is 0 Å². The molecule has 244 valence electrons. The van der Waals surface area contributed by atoms with E-state index in [0.29, 0.717) is 30.1 Å². The summed E-state index contributed by atoms with van der Waals surface area (Å²) in [5.74, 6) is 2.67. The minimum Gasteiger partial charge on any atom is -0.468 e. The quantitative estimate of drug-likeness (QED) is 0.125. The molecule has 3 aliphatic rings. The monoisotopic (exact) mass is 628 g/mol. The molecule has 0 unspecified atom stereocenters. The van der Waals surface area contributed by atoms with E-state index in [1.54, 1.807) is 31.4 Å². The van der Waals surface area contributed by atoms with Gasteiger partial charge in [-0.15, -0.1) is 0 Å². The molecule has 7 atom stereocenters. The summed E-state index contributed by atoms with van der Waals surface area (Å²) in [5, 5.41) is 21.7. The Morgan fingerprint density at radius 3 is 2.39 bits per heavy atom. The lowest BCUT2D eigenvalue weighted by atomic mass is 9.52. The highest BCUT2D eigenvalue weighted by molar-refractivity contribution is 7.86. The van der Waals surface area contributed by atoms with E-state index in [4.69, 9.17) is 13.7 Å². The van der Waals surface area contributed by atoms with E-state index in [9.17, 15) is 18.6 Å². The summed E-state index contributed by atoms with van der Waals surface area (Å²) in [7, 11) is -2.05. The van der Waals surface area contributed by atoms with Crippen molar-refractivity contribution in [2.75, 3.05) is 20.5 Å². The summed E-state index contributed by atoms with van der Waals surface area (Å²) >= 11 is 0. The van der Waals surface area contributed by atoms with Gasteiger partial charge in [-0.25, -0.2) is 0 Å². The fourth-order valence-corrected chi connectivity index (χ4v) is 9.53. The van der Waals surface area contributed by atoms with E-state index in [-0.39, 0.29) is 23.7 Å². The molecule has 0 saturated heterocycles. The normalized spacial score (nSPS) is 29.6. The second-order valence-electron chi connectivity index (χ2n) is 13.8. The lowest BCUT2D eigenvalue weighted by Gasteiger charge is -2.53. The van der Waals surface area contributed by atoms with Gasteiger partial charge < -0.3 is 19.7 Å². The molecule has 3 aliphatic carbocycles. The fraction of sp³-hybridized carbons (Fsp3) is 0.667. The van der Waals surface area contributed by atoms with Gasteiger partial charge in [-0.2, -0.15) is 8.42 Å². The van der Waals surface area contributed by atoms with Crippen LogP contribution >= 0.6 is 0 Å². The van der Waals surface area contributed by atoms with Crippen molar-refractivity contribution in [1.29, 1.82) is 0 Å². The number of hydrogen-bond acceptors (Lipinski definition) is 7. The highest BCUT2D eigenvalue weighted by atomic mass is 32.2. The van der Waals surface area contributed by atoms with Gasteiger partial charge in [0.1, 0.15) is 5.75 Å². The number of unbranched alkanes of at least 4 members (excludes halogenated alkanes) is 6. The molecule has 7 nitrogen and oxygen atoms in total. The first-order valence-corrected chi connectivity index (χ1v) is 18.1. The molecule has 8 heteroatoms. The summed E-state index contributed by atoms with van der Waals surface area (Å²) in [5.41, 5.74) is 3.63. The van der Waals surface area contributed by atoms with Crippen molar-refractivity contribution in [3.05, 3.63) is 59.2 Å². The molecule has 0 bridgehead atoms. The van der Waals surface area contributed by atoms with Crippen LogP contribution in [0.25, 0.3) is 0 Å². The van der Waals surface area contributed by atoms with Gasteiger partial charge in [-0.3, -0.25) is 4.18 Å². The zero-order chi connectivity index (χ0) is 31.3. The van der Waals surface area contributed by atoms with Crippen molar-refractivity contribution >= 4 is 10.1 Å². The van der Waals surface area contributed by atoms with Crippen molar-refractivity contribution in [3.8, 4) is 5.75 Å². The first-order chi connectivity index (χ1) is 21.1. The second kappa shape index (κ2) is 14.6. The van der Waals surface area contributed by atoms with Crippen LogP contribution in [0.1, 0.15) is 100 Å². The van der Waals surface area contributed by atoms with Crippen LogP contribution in [0.15, 0.2) is 47.4 Å². The van der Waals surface area contributed by atoms with Crippen molar-refractivity contribution in [1.82, 2.24) is 0 Å². The number of fused-ring (bicyclic) bond motifs is 5. The van der Waals surface area contributed by atoms with Gasteiger partial charge in [0.05, 0.1) is 23.7 Å². The summed E-state index contributed by atoms with van der Waals surface area (Å²) in [6, 6.07) is 13.3. The average molecular weight is 629 g/mol. The summed E-state index contributed by atoms with van der Waals surface area (Å²) in [6.45, 7) is 4.61. The Hall–Kier alpha value is -1.97. The Labute approximate surface area is 264 Å². The molecule has 2 aromatic carbocycles. The SMILES string of the molecule is COCOc1ccc2c(c1)C[C@@H](CCCCCCCCCOS(=O)(=O)c1ccc(C)cc1)[C@@H]1[C@@H]2CC[C@]2(C)[C@@H](O)[C@@H](O)C[C@@H]12. The van der Waals surface area contributed by atoms with Crippen LogP contribution in [0.5, 0.6) is 5.75 Å². The van der Waals surface area contributed by atoms with E-state index in [1.165, 1.54) is 30.4 Å². The van der Waals surface area contributed by atoms with Crippen molar-refractivity contribution in [2.24, 2.45) is 23.2 Å². The number of rotatable bonds is 15. The smallest absolute Gasteiger partial charge is 0.296 e. The molecule has 0 radical (unpaired) electrons. The highest BCUT2D eigenvalue weighted by Crippen LogP contribution is 2.62. The lowest BCUT2D eigenvalue weighted by molar-refractivity contribution is -0.0598. The predicted octanol–water partition coefficient (Wildman–Crippen LogP) is 6.92. The van der Waals surface area contributed by atoms with Crippen LogP contribution in [0, 0.1) is 30.1 Å². The van der Waals surface area contributed by atoms with E-state index in [1.807, 2.05) is 6.92 Å². The van der Waals surface area contributed by atoms with Crippen LogP contribution < -0.4 is 4.74 Å². The van der Waals surface area contributed by atoms with Gasteiger partial charge in [0, 0.05) is 7.11 Å². The van der Waals surface area contributed by atoms with Crippen molar-refractivity contribution in [2.45, 2.75) is 114 Å². The third-order valence-corrected chi connectivity index (χ3v) is 12.3. The molecular formula is C36H52O7S. The standard InChI is InChI=1S/C36H52O7S/c1-25-12-15-29(16-13-25)44(39,40)43-20-10-8-6-4-5-7-9-11-26-21-27-22-28(42-24-41-3)14-17-30(27)31-18-19-36(2)32(34(26)31)23-33(37)35(36)38/h12-17,22,26,31-35,37-38H,4-11,18-21,23-24H2,1-3H3/t26-,31-,32+,33+,34-,35+,36+/m1/s1. The summed E-state index contributed by atoms with van der Waals surface area (Å²) in [6.07, 6.45) is 11.1. The Morgan fingerprint density at radius 2 is 1.66 bits per heavy atom. The molecule has 2 N–H and O–H groups in total. The third-order valence-electron chi connectivity index (χ3n) is 11.0. The molecule has 2 aromatic rings. The maximum Gasteiger partial charge on any atom is 0.296 e. The maximum atomic E-state index is 12.3. The van der Waals surface area contributed by atoms with Gasteiger partial charge in [0.25, 0.3) is 10.1 Å². The first kappa shape index (κ1) is 33.4. The second-order valence-corrected chi connectivity index (χ2v) is 15.4. The van der Waals surface area contributed by atoms with Crippen LogP contribution in [0.3, 0.4) is 0 Å². The number of benzene rings is 2. The molecule has 0 heterocycles. The van der Waals surface area contributed by atoms with E-state index in [2.05, 4.69) is 25.1 Å². The van der Waals surface area contributed by atoms with Gasteiger partial charge in [0.2, 0.25) is 0 Å². The lowest BCUT2D eigenvalue weighted by Crippen LogP contribution is -2.47. The zero-order valence-electron chi connectivity index (χ0n) is 26.7. The first-order valence-electron chi connectivity index (χ1n) is 16.7. The molecule has 2 saturated carbocycles. The minimum atomic E-state index is -3.68. The Kier molecular flexibility index (Phi) is 11.1. The molecule has 2 fully saturated rings. The van der Waals surface area contributed by atoms with Crippen LogP contribution in [0.4, 0.5) is 0 Å². The fourth-order valence-electron chi connectivity index (χ4n) is 8.59.